The molecule has 0 radical (unpaired) electrons. The molecule has 0 amide bonds. The number of hydrogen-bond donors (Lipinski definition) is 1. The van der Waals surface area contributed by atoms with E-state index in [2.05, 4.69) is 4.98 Å². The topological polar surface area (TPSA) is 83.2 Å². The first kappa shape index (κ1) is 13.8. The van der Waals surface area contributed by atoms with Crippen LogP contribution in [-0.2, 0) is 0 Å². The van der Waals surface area contributed by atoms with E-state index in [-0.39, 0.29) is 22.2 Å². The van der Waals surface area contributed by atoms with Crippen molar-refractivity contribution in [2.45, 2.75) is 0 Å². The van der Waals surface area contributed by atoms with E-state index >= 15 is 0 Å². The summed E-state index contributed by atoms with van der Waals surface area (Å²) in [5.74, 6) is -2.36. The predicted molar refractivity (Wildman–Crippen MR) is 67.4 cm³/mol. The Morgan fingerprint density at radius 2 is 2.15 bits per heavy atom. The van der Waals surface area contributed by atoms with Crippen molar-refractivity contribution in [1.82, 2.24) is 4.98 Å². The molecule has 1 aromatic carbocycles. The van der Waals surface area contributed by atoms with Gasteiger partial charge in [0.05, 0.1) is 16.7 Å². The largest absolute Gasteiger partial charge is 0.476 e. The number of aromatic nitrogens is 1. The maximum atomic E-state index is 13.6. The van der Waals surface area contributed by atoms with E-state index in [0.29, 0.717) is 0 Å². The van der Waals surface area contributed by atoms with Crippen LogP contribution in [0.4, 0.5) is 4.39 Å². The minimum absolute atomic E-state index is 0.0508. The Bertz CT molecular complexity index is 728. The molecule has 0 saturated carbocycles. The number of carbonyl (C=O) groups is 1. The molecule has 5 nitrogen and oxygen atoms in total. The molecule has 1 aromatic heterocycles. The van der Waals surface area contributed by atoms with Gasteiger partial charge < -0.3 is 9.84 Å². The molecule has 2 rings (SSSR count). The quantitative estimate of drug-likeness (QED) is 0.939. The van der Waals surface area contributed by atoms with Crippen LogP contribution in [-0.4, -0.2) is 16.1 Å². The molecule has 0 spiro atoms. The first-order valence-electron chi connectivity index (χ1n) is 5.28. The molecule has 0 unspecified atom stereocenters. The lowest BCUT2D eigenvalue weighted by atomic mass is 10.2. The van der Waals surface area contributed by atoms with Crippen LogP contribution in [0.2, 0.25) is 5.02 Å². The van der Waals surface area contributed by atoms with E-state index in [1.165, 1.54) is 24.3 Å². The molecule has 0 aliphatic carbocycles. The van der Waals surface area contributed by atoms with Gasteiger partial charge in [0.2, 0.25) is 5.88 Å². The minimum Gasteiger partial charge on any atom is -0.476 e. The summed E-state index contributed by atoms with van der Waals surface area (Å²) in [5.41, 5.74) is -0.247. The van der Waals surface area contributed by atoms with Gasteiger partial charge in [-0.1, -0.05) is 11.6 Å². The molecular weight excluding hydrogens is 287 g/mol. The Hall–Kier alpha value is -2.65. The number of aromatic carboxylic acids is 1. The first-order valence-corrected chi connectivity index (χ1v) is 5.66. The second-order valence-electron chi connectivity index (χ2n) is 3.64. The highest BCUT2D eigenvalue weighted by Gasteiger charge is 2.13. The first-order chi connectivity index (χ1) is 9.51. The Morgan fingerprint density at radius 1 is 1.40 bits per heavy atom. The van der Waals surface area contributed by atoms with Crippen LogP contribution in [0.25, 0.3) is 0 Å². The highest BCUT2D eigenvalue weighted by atomic mass is 35.5. The number of pyridine rings is 1. The van der Waals surface area contributed by atoms with Crippen LogP contribution < -0.4 is 4.74 Å². The smallest absolute Gasteiger partial charge is 0.356 e. The molecule has 100 valence electrons. The van der Waals surface area contributed by atoms with Crippen molar-refractivity contribution < 1.29 is 19.0 Å². The molecule has 7 heteroatoms. The van der Waals surface area contributed by atoms with E-state index in [4.69, 9.17) is 26.7 Å². The van der Waals surface area contributed by atoms with Gasteiger partial charge in [-0.3, -0.25) is 0 Å². The Labute approximate surface area is 117 Å². The van der Waals surface area contributed by atoms with Crippen molar-refractivity contribution in [3.8, 4) is 17.7 Å². The molecule has 0 saturated heterocycles. The zero-order valence-electron chi connectivity index (χ0n) is 9.80. The standard InChI is InChI=1S/C13H6ClFN2O3/c14-8-2-4-11(17-12(8)13(18)19)20-10-3-1-7(6-16)5-9(10)15/h1-5H,(H,18,19). The number of nitrogens with zero attached hydrogens (tertiary/aromatic N) is 2. The van der Waals surface area contributed by atoms with Gasteiger partial charge >= 0.3 is 5.97 Å². The molecule has 20 heavy (non-hydrogen) atoms. The molecular formula is C13H6ClFN2O3. The van der Waals surface area contributed by atoms with Gasteiger partial charge in [0.25, 0.3) is 0 Å². The molecule has 0 fully saturated rings. The fourth-order valence-electron chi connectivity index (χ4n) is 1.40. The van der Waals surface area contributed by atoms with Crippen LogP contribution in [0.1, 0.15) is 16.1 Å². The van der Waals surface area contributed by atoms with E-state index in [9.17, 15) is 9.18 Å². The number of nitriles is 1. The summed E-state index contributed by atoms with van der Waals surface area (Å²) in [6.07, 6.45) is 0. The second-order valence-corrected chi connectivity index (χ2v) is 4.05. The number of hydrogen-bond acceptors (Lipinski definition) is 4. The maximum Gasteiger partial charge on any atom is 0.356 e. The molecule has 0 aliphatic heterocycles. The third-order valence-electron chi connectivity index (χ3n) is 2.30. The SMILES string of the molecule is N#Cc1ccc(Oc2ccc(Cl)c(C(=O)O)n2)c(F)c1. The second kappa shape index (κ2) is 5.55. The van der Waals surface area contributed by atoms with Gasteiger partial charge in [-0.15, -0.1) is 0 Å². The number of carboxylic acid groups (broad SMARTS) is 1. The summed E-state index contributed by atoms with van der Waals surface area (Å²) < 4.78 is 18.8. The maximum absolute atomic E-state index is 13.6. The summed E-state index contributed by atoms with van der Waals surface area (Å²) in [6.45, 7) is 0. The fraction of sp³-hybridized carbons (Fsp3) is 0. The third kappa shape index (κ3) is 2.84. The van der Waals surface area contributed by atoms with Crippen LogP contribution >= 0.6 is 11.6 Å². The Balaban J connectivity index is 2.33. The van der Waals surface area contributed by atoms with E-state index in [1.807, 2.05) is 0 Å². The molecule has 1 heterocycles. The summed E-state index contributed by atoms with van der Waals surface area (Å²) in [7, 11) is 0. The van der Waals surface area contributed by atoms with E-state index in [1.54, 1.807) is 6.07 Å². The summed E-state index contributed by atoms with van der Waals surface area (Å²) in [4.78, 5) is 14.5. The van der Waals surface area contributed by atoms with Crippen molar-refractivity contribution in [3.63, 3.8) is 0 Å². The van der Waals surface area contributed by atoms with Gasteiger partial charge in [0.15, 0.2) is 17.3 Å². The van der Waals surface area contributed by atoms with Gasteiger partial charge in [-0.2, -0.15) is 5.26 Å². The lowest BCUT2D eigenvalue weighted by Gasteiger charge is -2.07. The molecule has 0 aliphatic rings. The number of carboxylic acids is 1. The van der Waals surface area contributed by atoms with Crippen molar-refractivity contribution in [1.29, 1.82) is 5.26 Å². The highest BCUT2D eigenvalue weighted by Crippen LogP contribution is 2.25. The van der Waals surface area contributed by atoms with Crippen molar-refractivity contribution >= 4 is 17.6 Å². The lowest BCUT2D eigenvalue weighted by Crippen LogP contribution is -2.02. The lowest BCUT2D eigenvalue weighted by molar-refractivity contribution is 0.0690. The van der Waals surface area contributed by atoms with Gasteiger partial charge in [-0.25, -0.2) is 14.2 Å². The van der Waals surface area contributed by atoms with E-state index in [0.717, 1.165) is 6.07 Å². The molecule has 2 aromatic rings. The average molecular weight is 293 g/mol. The average Bonchev–Trinajstić information content (AvgIpc) is 2.42. The van der Waals surface area contributed by atoms with Crippen LogP contribution in [0.5, 0.6) is 11.6 Å². The summed E-state index contributed by atoms with van der Waals surface area (Å²) in [6, 6.07) is 8.01. The number of ether oxygens (including phenoxy) is 1. The normalized spacial score (nSPS) is 9.85. The zero-order valence-corrected chi connectivity index (χ0v) is 10.6. The molecule has 0 bridgehead atoms. The van der Waals surface area contributed by atoms with Gasteiger partial charge in [0, 0.05) is 6.07 Å². The zero-order chi connectivity index (χ0) is 14.7. The van der Waals surface area contributed by atoms with E-state index < -0.39 is 17.5 Å². The highest BCUT2D eigenvalue weighted by molar-refractivity contribution is 6.33. The Kier molecular flexibility index (Phi) is 3.82. The number of rotatable bonds is 3. The predicted octanol–water partition coefficient (Wildman–Crippen LogP) is 3.24. The monoisotopic (exact) mass is 292 g/mol. The number of halogens is 2. The Morgan fingerprint density at radius 3 is 2.75 bits per heavy atom. The minimum atomic E-state index is -1.32. The summed E-state index contributed by atoms with van der Waals surface area (Å²) in [5, 5.41) is 17.4. The van der Waals surface area contributed by atoms with Crippen LogP contribution in [0, 0.1) is 17.1 Å². The van der Waals surface area contributed by atoms with Crippen LogP contribution in [0.3, 0.4) is 0 Å². The fourth-order valence-corrected chi connectivity index (χ4v) is 1.58. The van der Waals surface area contributed by atoms with Crippen molar-refractivity contribution in [2.24, 2.45) is 0 Å². The molecule has 1 N–H and O–H groups in total. The third-order valence-corrected chi connectivity index (χ3v) is 2.60. The summed E-state index contributed by atoms with van der Waals surface area (Å²) >= 11 is 5.66. The van der Waals surface area contributed by atoms with Crippen molar-refractivity contribution in [2.75, 3.05) is 0 Å². The van der Waals surface area contributed by atoms with Gasteiger partial charge in [-0.05, 0) is 24.3 Å². The van der Waals surface area contributed by atoms with Crippen LogP contribution in [0.15, 0.2) is 30.3 Å². The van der Waals surface area contributed by atoms with Gasteiger partial charge in [0.1, 0.15) is 0 Å². The number of benzene rings is 1. The van der Waals surface area contributed by atoms with Crippen molar-refractivity contribution in [3.05, 3.63) is 52.4 Å². The molecule has 0 atom stereocenters.